The topological polar surface area (TPSA) is 66.2 Å². The van der Waals surface area contributed by atoms with Crippen LogP contribution in [0.4, 0.5) is 11.5 Å². The van der Waals surface area contributed by atoms with Crippen molar-refractivity contribution in [3.05, 3.63) is 36.3 Å². The van der Waals surface area contributed by atoms with Crippen molar-refractivity contribution in [1.29, 1.82) is 0 Å². The number of hydrogen-bond acceptors (Lipinski definition) is 5. The summed E-state index contributed by atoms with van der Waals surface area (Å²) in [4.78, 5) is 6.79. The number of aliphatic hydroxyl groups excluding tert-OH is 1. The summed E-state index contributed by atoms with van der Waals surface area (Å²) in [5, 5.41) is 17.6. The van der Waals surface area contributed by atoms with E-state index in [9.17, 15) is 5.11 Å². The molecule has 6 heteroatoms. The third-order valence-electron chi connectivity index (χ3n) is 4.36. The Morgan fingerprint density at radius 3 is 2.71 bits per heavy atom. The molecule has 1 saturated heterocycles. The van der Waals surface area contributed by atoms with Gasteiger partial charge in [-0.1, -0.05) is 0 Å². The maximum Gasteiger partial charge on any atom is 0.151 e. The van der Waals surface area contributed by atoms with Crippen molar-refractivity contribution < 1.29 is 5.11 Å². The fraction of sp³-hybridized carbons (Fsp3) is 0.556. The van der Waals surface area contributed by atoms with Gasteiger partial charge in [-0.05, 0) is 45.7 Å². The molecular weight excluding hydrogens is 302 g/mol. The van der Waals surface area contributed by atoms with E-state index in [0.29, 0.717) is 6.54 Å². The van der Waals surface area contributed by atoms with E-state index in [1.807, 2.05) is 23.1 Å². The third-order valence-corrected chi connectivity index (χ3v) is 4.36. The zero-order valence-corrected chi connectivity index (χ0v) is 14.7. The summed E-state index contributed by atoms with van der Waals surface area (Å²) in [5.74, 6) is 0.965. The standard InChI is InChI=1S/C18H27N5O/c1-18(2,3)23-13-14(12-21-23)11-20-16-5-4-8-19-17(16)22-9-6-15(24)7-10-22/h4-5,8,12-13,15,20,24H,6-7,9-11H2,1-3H3. The molecule has 6 nitrogen and oxygen atoms in total. The molecular formula is C18H27N5O. The van der Waals surface area contributed by atoms with Crippen molar-refractivity contribution in [2.75, 3.05) is 23.3 Å². The number of anilines is 2. The zero-order chi connectivity index (χ0) is 17.2. The molecule has 130 valence electrons. The molecule has 0 amide bonds. The van der Waals surface area contributed by atoms with Crippen molar-refractivity contribution >= 4 is 11.5 Å². The largest absolute Gasteiger partial charge is 0.393 e. The first-order valence-electron chi connectivity index (χ1n) is 8.59. The number of aliphatic hydroxyl groups is 1. The molecule has 2 aromatic rings. The highest BCUT2D eigenvalue weighted by Crippen LogP contribution is 2.26. The van der Waals surface area contributed by atoms with Crippen LogP contribution in [0.25, 0.3) is 0 Å². The average molecular weight is 329 g/mol. The minimum absolute atomic E-state index is 0.00759. The predicted molar refractivity (Wildman–Crippen MR) is 96.2 cm³/mol. The van der Waals surface area contributed by atoms with E-state index in [0.717, 1.165) is 43.0 Å². The van der Waals surface area contributed by atoms with Gasteiger partial charge in [-0.25, -0.2) is 4.98 Å². The number of nitrogens with zero attached hydrogens (tertiary/aromatic N) is 4. The van der Waals surface area contributed by atoms with Crippen molar-refractivity contribution in [1.82, 2.24) is 14.8 Å². The van der Waals surface area contributed by atoms with Crippen LogP contribution in [0, 0.1) is 0 Å². The van der Waals surface area contributed by atoms with Crippen LogP contribution < -0.4 is 10.2 Å². The van der Waals surface area contributed by atoms with Gasteiger partial charge < -0.3 is 15.3 Å². The molecule has 0 bridgehead atoms. The molecule has 0 spiro atoms. The molecule has 0 aromatic carbocycles. The van der Waals surface area contributed by atoms with E-state index in [-0.39, 0.29) is 11.6 Å². The second-order valence-electron chi connectivity index (χ2n) is 7.41. The molecule has 1 fully saturated rings. The maximum absolute atomic E-state index is 9.69. The third kappa shape index (κ3) is 3.87. The molecule has 0 unspecified atom stereocenters. The van der Waals surface area contributed by atoms with Gasteiger partial charge in [0.15, 0.2) is 5.82 Å². The first-order valence-corrected chi connectivity index (χ1v) is 8.59. The predicted octanol–water partition coefficient (Wildman–Crippen LogP) is 2.61. The van der Waals surface area contributed by atoms with Gasteiger partial charge in [-0.2, -0.15) is 5.10 Å². The Morgan fingerprint density at radius 1 is 1.29 bits per heavy atom. The van der Waals surface area contributed by atoms with Gasteiger partial charge in [0.2, 0.25) is 0 Å². The van der Waals surface area contributed by atoms with E-state index in [1.165, 1.54) is 0 Å². The lowest BCUT2D eigenvalue weighted by molar-refractivity contribution is 0.145. The second-order valence-corrected chi connectivity index (χ2v) is 7.41. The van der Waals surface area contributed by atoms with Crippen LogP contribution in [0.15, 0.2) is 30.7 Å². The van der Waals surface area contributed by atoms with E-state index < -0.39 is 0 Å². The minimum Gasteiger partial charge on any atom is -0.393 e. The second kappa shape index (κ2) is 6.81. The lowest BCUT2D eigenvalue weighted by atomic mass is 10.1. The van der Waals surface area contributed by atoms with Crippen LogP contribution in [-0.4, -0.2) is 39.1 Å². The molecule has 3 heterocycles. The average Bonchev–Trinajstić information content (AvgIpc) is 3.03. The van der Waals surface area contributed by atoms with E-state index in [2.05, 4.69) is 53.3 Å². The number of pyridine rings is 1. The Hall–Kier alpha value is -2.08. The van der Waals surface area contributed by atoms with E-state index in [4.69, 9.17) is 0 Å². The Balaban J connectivity index is 1.68. The molecule has 0 radical (unpaired) electrons. The number of hydrogen-bond donors (Lipinski definition) is 2. The van der Waals surface area contributed by atoms with Crippen molar-refractivity contribution in [2.45, 2.75) is 51.8 Å². The van der Waals surface area contributed by atoms with E-state index in [1.54, 1.807) is 0 Å². The van der Waals surface area contributed by atoms with Crippen LogP contribution in [-0.2, 0) is 12.1 Å². The summed E-state index contributed by atoms with van der Waals surface area (Å²) in [6.07, 6.45) is 7.24. The smallest absolute Gasteiger partial charge is 0.151 e. The fourth-order valence-corrected chi connectivity index (χ4v) is 2.88. The highest BCUT2D eigenvalue weighted by atomic mass is 16.3. The molecule has 3 rings (SSSR count). The number of rotatable bonds is 4. The SMILES string of the molecule is CC(C)(C)n1cc(CNc2cccnc2N2CCC(O)CC2)cn1. The lowest BCUT2D eigenvalue weighted by Crippen LogP contribution is -2.36. The van der Waals surface area contributed by atoms with Gasteiger partial charge in [0, 0.05) is 37.6 Å². The quantitative estimate of drug-likeness (QED) is 0.902. The Bertz CT molecular complexity index is 668. The molecule has 0 aliphatic carbocycles. The normalized spacial score (nSPS) is 16.4. The van der Waals surface area contributed by atoms with Gasteiger partial charge in [0.05, 0.1) is 23.5 Å². The first-order chi connectivity index (χ1) is 11.4. The van der Waals surface area contributed by atoms with Crippen molar-refractivity contribution in [3.63, 3.8) is 0 Å². The van der Waals surface area contributed by atoms with Crippen molar-refractivity contribution in [3.8, 4) is 0 Å². The minimum atomic E-state index is -0.176. The summed E-state index contributed by atoms with van der Waals surface area (Å²) < 4.78 is 1.99. The number of aromatic nitrogens is 3. The van der Waals surface area contributed by atoms with Crippen LogP contribution in [0.5, 0.6) is 0 Å². The van der Waals surface area contributed by atoms with Crippen LogP contribution in [0.1, 0.15) is 39.2 Å². The molecule has 1 aliphatic heterocycles. The summed E-state index contributed by atoms with van der Waals surface area (Å²) in [6, 6.07) is 4.00. The summed E-state index contributed by atoms with van der Waals surface area (Å²) in [6.45, 7) is 8.82. The van der Waals surface area contributed by atoms with Gasteiger partial charge in [-0.3, -0.25) is 4.68 Å². The molecule has 0 saturated carbocycles. The Kier molecular flexibility index (Phi) is 4.76. The van der Waals surface area contributed by atoms with Gasteiger partial charge in [0.1, 0.15) is 0 Å². The van der Waals surface area contributed by atoms with Gasteiger partial charge in [0.25, 0.3) is 0 Å². The van der Waals surface area contributed by atoms with E-state index >= 15 is 0 Å². The lowest BCUT2D eigenvalue weighted by Gasteiger charge is -2.31. The number of nitrogens with one attached hydrogen (secondary N) is 1. The maximum atomic E-state index is 9.69. The van der Waals surface area contributed by atoms with Crippen LogP contribution >= 0.6 is 0 Å². The highest BCUT2D eigenvalue weighted by Gasteiger charge is 2.20. The summed E-state index contributed by atoms with van der Waals surface area (Å²) in [5.41, 5.74) is 2.16. The molecule has 2 N–H and O–H groups in total. The monoisotopic (exact) mass is 329 g/mol. The Morgan fingerprint density at radius 2 is 2.04 bits per heavy atom. The zero-order valence-electron chi connectivity index (χ0n) is 14.7. The molecule has 0 atom stereocenters. The first kappa shape index (κ1) is 16.8. The molecule has 1 aliphatic rings. The highest BCUT2D eigenvalue weighted by molar-refractivity contribution is 5.65. The fourth-order valence-electron chi connectivity index (χ4n) is 2.88. The van der Waals surface area contributed by atoms with Gasteiger partial charge in [-0.15, -0.1) is 0 Å². The van der Waals surface area contributed by atoms with Crippen molar-refractivity contribution in [2.24, 2.45) is 0 Å². The Labute approximate surface area is 143 Å². The number of piperidine rings is 1. The van der Waals surface area contributed by atoms with Crippen LogP contribution in [0.3, 0.4) is 0 Å². The summed E-state index contributed by atoms with van der Waals surface area (Å²) in [7, 11) is 0. The summed E-state index contributed by atoms with van der Waals surface area (Å²) >= 11 is 0. The molecule has 2 aromatic heterocycles. The van der Waals surface area contributed by atoms with Crippen LogP contribution in [0.2, 0.25) is 0 Å². The molecule has 24 heavy (non-hydrogen) atoms. The van der Waals surface area contributed by atoms with Gasteiger partial charge >= 0.3 is 0 Å².